The van der Waals surface area contributed by atoms with Gasteiger partial charge in [-0.3, -0.25) is 9.17 Å². The maximum absolute atomic E-state index is 9.96. The number of nitrogens with zero attached hydrogens (tertiary/aromatic N) is 5. The molecule has 3 heterocycles. The number of H-pyrrole nitrogens is 1. The zero-order valence-electron chi connectivity index (χ0n) is 52.2. The summed E-state index contributed by atoms with van der Waals surface area (Å²) in [5.74, 6) is 8.95. The number of aromatic amines is 1. The summed E-state index contributed by atoms with van der Waals surface area (Å²) in [5.41, 5.74) is 3.32. The topological polar surface area (TPSA) is 235 Å². The average molecular weight is 1230 g/mol. The summed E-state index contributed by atoms with van der Waals surface area (Å²) in [7, 11) is 3.38. The first-order valence-electron chi connectivity index (χ1n) is 30.9. The lowest BCUT2D eigenvalue weighted by Crippen LogP contribution is -2.25. The Morgan fingerprint density at radius 1 is 0.506 bits per heavy atom. The standard InChI is InChI=1S/C22H22O2.C10H16N2OS.C9H14N2O2S.2C8H16O.C7H14O2.C2H2N2OS/c1-22(17-7-5-4-6-8-17,18-9-13-20(23-2)14-10-18)19-11-15-21(24-3)16-12-19;1-3-8-5-9(4-7(8)2)13-10-6-11-14-12-10;1-2-6-3-7(4-8(6)12)13-9-5-10-14-11-9;2*1-3-7-5-8(9)4-6(7)2;1-5-2-7(9)3-6(5)4-8;5-2-1-3-6-4-2/h4-16H,1-3H3;6-9H,3-5H2,1-2H3;5-8,12H,2-4H2,1H3;2*6-9H,3-5H2,1-2H3;5-9H,2-4H2,1H3;1H,(H,4,5)/t;7-,8-,9-;6-,7+,8-;2*6-,7-,8+;5-,6+,7+;/m.00000./s1. The van der Waals surface area contributed by atoms with E-state index in [4.69, 9.17) is 29.2 Å². The molecule has 3 aromatic carbocycles. The van der Waals surface area contributed by atoms with E-state index in [1.165, 1.54) is 60.3 Å². The van der Waals surface area contributed by atoms with Gasteiger partial charge in [0.25, 0.3) is 5.56 Å². The van der Waals surface area contributed by atoms with E-state index in [1.807, 2.05) is 30.3 Å². The quantitative estimate of drug-likeness (QED) is 0.0557. The fraction of sp³-hybridized carbons (Fsp3) is 0.636. The summed E-state index contributed by atoms with van der Waals surface area (Å²) >= 11 is 3.40. The van der Waals surface area contributed by atoms with Crippen LogP contribution in [-0.4, -0.2) is 109 Å². The number of aliphatic hydroxyl groups excluding tert-OH is 5. The Morgan fingerprint density at radius 2 is 0.906 bits per heavy atom. The zero-order valence-corrected chi connectivity index (χ0v) is 54.7. The number of methoxy groups -OCH3 is 2. The van der Waals surface area contributed by atoms with Gasteiger partial charge in [0.2, 0.25) is 11.8 Å². The highest BCUT2D eigenvalue weighted by Crippen LogP contribution is 2.41. The number of hydrogen-bond donors (Lipinski definition) is 6. The van der Waals surface area contributed by atoms with Crippen LogP contribution in [0.3, 0.4) is 0 Å². The summed E-state index contributed by atoms with van der Waals surface area (Å²) in [6, 6.07) is 27.2. The minimum atomic E-state index is -0.250. The summed E-state index contributed by atoms with van der Waals surface area (Å²) in [5, 5.41) is 45.9. The van der Waals surface area contributed by atoms with E-state index in [0.29, 0.717) is 35.6 Å². The number of benzene rings is 3. The fourth-order valence-electron chi connectivity index (χ4n) is 12.9. The molecule has 3 aromatic heterocycles. The van der Waals surface area contributed by atoms with Gasteiger partial charge in [-0.2, -0.15) is 13.1 Å². The van der Waals surface area contributed by atoms with Gasteiger partial charge < -0.3 is 44.5 Å². The molecule has 0 bridgehead atoms. The maximum Gasteiger partial charge on any atom is 0.277 e. The smallest absolute Gasteiger partial charge is 0.277 e. The van der Waals surface area contributed by atoms with Crippen molar-refractivity contribution in [2.24, 2.45) is 53.3 Å². The molecule has 5 fully saturated rings. The highest BCUT2D eigenvalue weighted by atomic mass is 32.1. The first-order valence-corrected chi connectivity index (χ1v) is 33.2. The first kappa shape index (κ1) is 70.9. The van der Waals surface area contributed by atoms with Crippen LogP contribution in [0.2, 0.25) is 0 Å². The number of hydrogen-bond acceptors (Lipinski definition) is 18. The molecule has 0 radical (unpaired) electrons. The van der Waals surface area contributed by atoms with Gasteiger partial charge in [-0.15, -0.1) is 8.75 Å². The number of aromatic nitrogens is 6. The molecule has 6 aromatic rings. The molecule has 0 amide bonds. The predicted molar refractivity (Wildman–Crippen MR) is 342 cm³/mol. The number of nitrogens with one attached hydrogen (secondary N) is 1. The highest BCUT2D eigenvalue weighted by Gasteiger charge is 2.35. The largest absolute Gasteiger partial charge is 0.497 e. The van der Waals surface area contributed by atoms with E-state index in [9.17, 15) is 20.1 Å². The van der Waals surface area contributed by atoms with E-state index in [-0.39, 0.29) is 48.1 Å². The van der Waals surface area contributed by atoms with Crippen LogP contribution >= 0.6 is 35.2 Å². The summed E-state index contributed by atoms with van der Waals surface area (Å²) in [4.78, 5) is 9.96. The van der Waals surface area contributed by atoms with E-state index < -0.39 is 0 Å². The van der Waals surface area contributed by atoms with E-state index >= 15 is 0 Å². The molecule has 16 nitrogen and oxygen atoms in total. The Bertz CT molecular complexity index is 2520. The van der Waals surface area contributed by atoms with Crippen molar-refractivity contribution >= 4 is 35.2 Å². The molecule has 5 aliphatic carbocycles. The van der Waals surface area contributed by atoms with Gasteiger partial charge >= 0.3 is 0 Å². The molecule has 11 rings (SSSR count). The third kappa shape index (κ3) is 22.7. The van der Waals surface area contributed by atoms with Gasteiger partial charge in [-0.05, 0) is 159 Å². The van der Waals surface area contributed by atoms with Gasteiger partial charge in [-0.25, -0.2) is 0 Å². The summed E-state index contributed by atoms with van der Waals surface area (Å²) in [6.45, 7) is 20.1. The van der Waals surface area contributed by atoms with Crippen molar-refractivity contribution in [1.29, 1.82) is 0 Å². The molecule has 5 saturated carbocycles. The van der Waals surface area contributed by atoms with Crippen LogP contribution < -0.4 is 24.5 Å². The normalized spacial score (nSPS) is 28.2. The number of rotatable bonds is 14. The Labute approximate surface area is 519 Å². The average Bonchev–Trinajstić information content (AvgIpc) is 2.69. The fourth-order valence-corrected chi connectivity index (χ4v) is 13.9. The molecule has 6 N–H and O–H groups in total. The van der Waals surface area contributed by atoms with Crippen molar-refractivity contribution < 1.29 is 44.5 Å². The van der Waals surface area contributed by atoms with Crippen LogP contribution in [0, 0.1) is 53.3 Å². The Kier molecular flexibility index (Phi) is 30.9. The minimum Gasteiger partial charge on any atom is -0.497 e. The SMILES string of the molecule is CC[C@H]1C[C@@H](Oc2cnsn2)C[C@@H]1C.CC[C@H]1C[C@@H](Oc2cnsn2)C[C@@H]1O.CC[C@H]1C[C@H](O)C[C@@H]1C.CC[C@H]1C[C@H](O)C[C@@H]1C.COc1ccc(C(C)(c2ccccc2)c2ccc(OC)cc2)cc1.C[C@H]1C[C@@H](O)C[C@@H]1CO.O=c1cns[nH]1. The van der Waals surface area contributed by atoms with Crippen LogP contribution in [0.4, 0.5) is 0 Å². The molecular weight excluding hydrogens is 1130 g/mol. The molecule has 19 heteroatoms. The Balaban J connectivity index is 0.000000190. The summed E-state index contributed by atoms with van der Waals surface area (Å²) < 4.78 is 43.7. The van der Waals surface area contributed by atoms with Gasteiger partial charge in [0, 0.05) is 30.2 Å². The zero-order chi connectivity index (χ0) is 61.9. The van der Waals surface area contributed by atoms with Crippen molar-refractivity contribution in [2.75, 3.05) is 20.8 Å². The Hall–Kier alpha value is -4.86. The molecule has 85 heavy (non-hydrogen) atoms. The molecule has 5 aliphatic rings. The second kappa shape index (κ2) is 37.1. The third-order valence-electron chi connectivity index (χ3n) is 18.3. The monoisotopic (exact) mass is 1230 g/mol. The lowest BCUT2D eigenvalue weighted by Gasteiger charge is -2.32. The van der Waals surface area contributed by atoms with Gasteiger partial charge in [-0.1, -0.05) is 136 Å². The van der Waals surface area contributed by atoms with Crippen LogP contribution in [0.15, 0.2) is 102 Å². The van der Waals surface area contributed by atoms with Crippen LogP contribution in [-0.2, 0) is 5.41 Å². The second-order valence-electron chi connectivity index (χ2n) is 24.1. The second-order valence-corrected chi connectivity index (χ2v) is 25.8. The number of ether oxygens (including phenoxy) is 4. The van der Waals surface area contributed by atoms with Gasteiger partial charge in [0.05, 0.1) is 62.1 Å². The van der Waals surface area contributed by atoms with Crippen molar-refractivity contribution in [3.63, 3.8) is 0 Å². The van der Waals surface area contributed by atoms with Crippen molar-refractivity contribution in [2.45, 2.75) is 194 Å². The molecule has 472 valence electrons. The van der Waals surface area contributed by atoms with Crippen molar-refractivity contribution in [3.8, 4) is 23.3 Å². The van der Waals surface area contributed by atoms with Crippen molar-refractivity contribution in [3.05, 3.63) is 124 Å². The van der Waals surface area contributed by atoms with E-state index in [0.717, 1.165) is 135 Å². The van der Waals surface area contributed by atoms with E-state index in [1.54, 1.807) is 26.6 Å². The van der Waals surface area contributed by atoms with Gasteiger partial charge in [0.15, 0.2) is 0 Å². The molecule has 0 spiro atoms. The molecule has 0 aliphatic heterocycles. The lowest BCUT2D eigenvalue weighted by molar-refractivity contribution is 0.122. The number of aliphatic hydroxyl groups is 5. The minimum absolute atomic E-state index is 0.00458. The van der Waals surface area contributed by atoms with Crippen molar-refractivity contribution in [1.82, 2.24) is 26.2 Å². The van der Waals surface area contributed by atoms with Crippen LogP contribution in [0.5, 0.6) is 23.3 Å². The molecular formula is C66H100N6O10S3. The van der Waals surface area contributed by atoms with Crippen LogP contribution in [0.1, 0.15) is 169 Å². The third-order valence-corrected chi connectivity index (χ3v) is 19.8. The maximum atomic E-state index is 9.96. The first-order chi connectivity index (χ1) is 40.9. The van der Waals surface area contributed by atoms with E-state index in [2.05, 4.69) is 137 Å². The highest BCUT2D eigenvalue weighted by molar-refractivity contribution is 6.99. The predicted octanol–water partition coefficient (Wildman–Crippen LogP) is 13.1. The molecule has 0 saturated heterocycles. The lowest BCUT2D eigenvalue weighted by atomic mass is 9.71. The van der Waals surface area contributed by atoms with Crippen LogP contribution in [0.25, 0.3) is 0 Å². The molecule has 0 unspecified atom stereocenters. The Morgan fingerprint density at radius 3 is 1.20 bits per heavy atom. The summed E-state index contributed by atoms with van der Waals surface area (Å²) in [6.07, 6.45) is 19.2. The molecule has 15 atom stereocenters. The van der Waals surface area contributed by atoms with Gasteiger partial charge in [0.1, 0.15) is 42.3 Å².